The number of hydrogen-bond acceptors (Lipinski definition) is 3. The predicted octanol–water partition coefficient (Wildman–Crippen LogP) is 4.20. The Labute approximate surface area is 157 Å². The van der Waals surface area contributed by atoms with Crippen molar-refractivity contribution >= 4 is 34.4 Å². The number of hydrogen-bond donors (Lipinski definition) is 1. The molecule has 2 fully saturated rings. The molecule has 1 aromatic heterocycles. The highest BCUT2D eigenvalue weighted by molar-refractivity contribution is 6.32. The van der Waals surface area contributed by atoms with E-state index in [1.54, 1.807) is 0 Å². The van der Waals surface area contributed by atoms with E-state index in [1.807, 2.05) is 31.2 Å². The Morgan fingerprint density at radius 1 is 1.27 bits per heavy atom. The molecule has 1 aromatic carbocycles. The summed E-state index contributed by atoms with van der Waals surface area (Å²) in [7, 11) is 0. The number of aromatic nitrogens is 1. The minimum absolute atomic E-state index is 0.104. The van der Waals surface area contributed by atoms with Gasteiger partial charge < -0.3 is 5.32 Å². The van der Waals surface area contributed by atoms with Gasteiger partial charge in [-0.25, -0.2) is 9.78 Å². The number of pyridine rings is 1. The Morgan fingerprint density at radius 2 is 1.96 bits per heavy atom. The van der Waals surface area contributed by atoms with Gasteiger partial charge in [0.2, 0.25) is 0 Å². The minimum atomic E-state index is -0.734. The second-order valence-electron chi connectivity index (χ2n) is 7.60. The summed E-state index contributed by atoms with van der Waals surface area (Å²) in [6.45, 7) is 4.23. The number of nitrogens with zero attached hydrogens (tertiary/aromatic N) is 2. The normalized spacial score (nSPS) is 26.0. The van der Waals surface area contributed by atoms with Gasteiger partial charge >= 0.3 is 6.03 Å². The fourth-order valence-corrected chi connectivity index (χ4v) is 4.29. The Hall–Kier alpha value is -2.14. The number of fused-ring (bicyclic) bond motifs is 1. The first-order valence-electron chi connectivity index (χ1n) is 9.09. The number of para-hydroxylation sites is 1. The number of imide groups is 1. The van der Waals surface area contributed by atoms with E-state index in [4.69, 9.17) is 11.6 Å². The lowest BCUT2D eigenvalue weighted by molar-refractivity contribution is -0.133. The standard InChI is InChI=1S/C20H22ClN3O2/c1-12-7-9-20(10-8-12)18(25)24(19(26)23-20)11-16-17(21)13(2)14-5-3-4-6-15(14)22-16/h3-6,12H,7-11H2,1-2H3,(H,23,26). The van der Waals surface area contributed by atoms with Crippen molar-refractivity contribution in [2.45, 2.75) is 51.6 Å². The van der Waals surface area contributed by atoms with Crippen molar-refractivity contribution in [3.63, 3.8) is 0 Å². The molecule has 1 saturated carbocycles. The van der Waals surface area contributed by atoms with Gasteiger partial charge in [-0.15, -0.1) is 0 Å². The SMILES string of the molecule is Cc1c(Cl)c(CN2C(=O)NC3(CCC(C)CC3)C2=O)nc2ccccc12. The Bertz CT molecular complexity index is 903. The summed E-state index contributed by atoms with van der Waals surface area (Å²) in [6.07, 6.45) is 3.31. The average Bonchev–Trinajstić information content (AvgIpc) is 2.86. The van der Waals surface area contributed by atoms with E-state index in [9.17, 15) is 9.59 Å². The monoisotopic (exact) mass is 371 g/mol. The zero-order valence-electron chi connectivity index (χ0n) is 15.0. The molecule has 26 heavy (non-hydrogen) atoms. The smallest absolute Gasteiger partial charge is 0.323 e. The highest BCUT2D eigenvalue weighted by Gasteiger charge is 2.52. The van der Waals surface area contributed by atoms with Crippen molar-refractivity contribution in [1.82, 2.24) is 15.2 Å². The molecule has 1 saturated heterocycles. The summed E-state index contributed by atoms with van der Waals surface area (Å²) < 4.78 is 0. The van der Waals surface area contributed by atoms with Gasteiger partial charge in [-0.1, -0.05) is 36.7 Å². The number of nitrogens with one attached hydrogen (secondary N) is 1. The summed E-state index contributed by atoms with van der Waals surface area (Å²) in [5.41, 5.74) is 1.56. The first kappa shape index (κ1) is 17.3. The topological polar surface area (TPSA) is 62.3 Å². The third kappa shape index (κ3) is 2.65. The van der Waals surface area contributed by atoms with Gasteiger partial charge in [0.25, 0.3) is 5.91 Å². The molecule has 1 aliphatic heterocycles. The lowest BCUT2D eigenvalue weighted by atomic mass is 9.77. The van der Waals surface area contributed by atoms with E-state index in [0.717, 1.165) is 29.3 Å². The van der Waals surface area contributed by atoms with Gasteiger partial charge in [-0.05, 0) is 50.2 Å². The number of halogens is 1. The second-order valence-corrected chi connectivity index (χ2v) is 7.98. The van der Waals surface area contributed by atoms with Crippen LogP contribution in [0.15, 0.2) is 24.3 Å². The van der Waals surface area contributed by atoms with E-state index in [-0.39, 0.29) is 18.5 Å². The van der Waals surface area contributed by atoms with E-state index < -0.39 is 5.54 Å². The van der Waals surface area contributed by atoms with Gasteiger partial charge in [0.1, 0.15) is 5.54 Å². The molecule has 1 N–H and O–H groups in total. The zero-order chi connectivity index (χ0) is 18.5. The summed E-state index contributed by atoms with van der Waals surface area (Å²) in [4.78, 5) is 31.4. The minimum Gasteiger partial charge on any atom is -0.323 e. The van der Waals surface area contributed by atoms with Crippen LogP contribution in [0.2, 0.25) is 5.02 Å². The van der Waals surface area contributed by atoms with Crippen LogP contribution in [0.25, 0.3) is 10.9 Å². The largest absolute Gasteiger partial charge is 0.325 e. The van der Waals surface area contributed by atoms with Crippen LogP contribution < -0.4 is 5.32 Å². The highest BCUT2D eigenvalue weighted by atomic mass is 35.5. The molecule has 2 heterocycles. The van der Waals surface area contributed by atoms with Crippen LogP contribution in [0, 0.1) is 12.8 Å². The fraction of sp³-hybridized carbons (Fsp3) is 0.450. The van der Waals surface area contributed by atoms with E-state index in [2.05, 4.69) is 17.2 Å². The molecule has 0 radical (unpaired) electrons. The summed E-state index contributed by atoms with van der Waals surface area (Å²) >= 11 is 6.51. The van der Waals surface area contributed by atoms with Gasteiger partial charge in [-0.2, -0.15) is 0 Å². The number of aryl methyl sites for hydroxylation is 1. The van der Waals surface area contributed by atoms with Crippen molar-refractivity contribution in [2.75, 3.05) is 0 Å². The molecule has 1 spiro atoms. The molecule has 4 rings (SSSR count). The molecule has 0 bridgehead atoms. The first-order chi connectivity index (χ1) is 12.4. The van der Waals surface area contributed by atoms with Crippen molar-refractivity contribution < 1.29 is 9.59 Å². The van der Waals surface area contributed by atoms with Gasteiger partial charge in [0.05, 0.1) is 22.8 Å². The number of rotatable bonds is 2. The number of benzene rings is 1. The van der Waals surface area contributed by atoms with Crippen molar-refractivity contribution in [2.24, 2.45) is 5.92 Å². The van der Waals surface area contributed by atoms with Crippen LogP contribution in [0.1, 0.15) is 43.9 Å². The molecule has 0 atom stereocenters. The molecule has 3 amide bonds. The average molecular weight is 372 g/mol. The molecule has 1 aliphatic carbocycles. The van der Waals surface area contributed by atoms with Crippen LogP contribution in [-0.4, -0.2) is 27.4 Å². The highest BCUT2D eigenvalue weighted by Crippen LogP contribution is 2.37. The lowest BCUT2D eigenvalue weighted by Gasteiger charge is -2.33. The maximum absolute atomic E-state index is 13.0. The predicted molar refractivity (Wildman–Crippen MR) is 101 cm³/mol. The maximum Gasteiger partial charge on any atom is 0.325 e. The van der Waals surface area contributed by atoms with Crippen LogP contribution >= 0.6 is 11.6 Å². The van der Waals surface area contributed by atoms with Crippen LogP contribution in [0.3, 0.4) is 0 Å². The number of carbonyl (C=O) groups excluding carboxylic acids is 2. The quantitative estimate of drug-likeness (QED) is 0.805. The molecule has 6 heteroatoms. The molecular formula is C20H22ClN3O2. The van der Waals surface area contributed by atoms with E-state index >= 15 is 0 Å². The molecule has 2 aliphatic rings. The number of carbonyl (C=O) groups is 2. The third-order valence-electron chi connectivity index (χ3n) is 5.83. The van der Waals surface area contributed by atoms with Crippen molar-refractivity contribution in [3.05, 3.63) is 40.5 Å². The Kier molecular flexibility index (Phi) is 4.14. The molecule has 136 valence electrons. The van der Waals surface area contributed by atoms with Crippen molar-refractivity contribution in [3.8, 4) is 0 Å². The zero-order valence-corrected chi connectivity index (χ0v) is 15.8. The van der Waals surface area contributed by atoms with Gasteiger partial charge in [-0.3, -0.25) is 9.69 Å². The van der Waals surface area contributed by atoms with Crippen LogP contribution in [0.4, 0.5) is 4.79 Å². The van der Waals surface area contributed by atoms with E-state index in [1.165, 1.54) is 4.90 Å². The molecule has 2 aromatic rings. The fourth-order valence-electron chi connectivity index (χ4n) is 4.09. The summed E-state index contributed by atoms with van der Waals surface area (Å²) in [5.74, 6) is 0.455. The lowest BCUT2D eigenvalue weighted by Crippen LogP contribution is -2.49. The summed E-state index contributed by atoms with van der Waals surface area (Å²) in [5, 5.41) is 4.45. The number of amides is 3. The first-order valence-corrected chi connectivity index (χ1v) is 9.47. The van der Waals surface area contributed by atoms with Crippen LogP contribution in [0.5, 0.6) is 0 Å². The van der Waals surface area contributed by atoms with Gasteiger partial charge in [0, 0.05) is 5.39 Å². The van der Waals surface area contributed by atoms with Gasteiger partial charge in [0.15, 0.2) is 0 Å². The second kappa shape index (κ2) is 6.23. The third-order valence-corrected chi connectivity index (χ3v) is 6.33. The number of urea groups is 1. The summed E-state index contributed by atoms with van der Waals surface area (Å²) in [6, 6.07) is 7.40. The Balaban J connectivity index is 1.65. The van der Waals surface area contributed by atoms with Crippen molar-refractivity contribution in [1.29, 1.82) is 0 Å². The van der Waals surface area contributed by atoms with E-state index in [0.29, 0.717) is 29.5 Å². The van der Waals surface area contributed by atoms with Crippen LogP contribution in [-0.2, 0) is 11.3 Å². The Morgan fingerprint density at radius 3 is 2.69 bits per heavy atom. The molecular weight excluding hydrogens is 350 g/mol. The maximum atomic E-state index is 13.0. The molecule has 5 nitrogen and oxygen atoms in total. The molecule has 0 unspecified atom stereocenters.